The van der Waals surface area contributed by atoms with Gasteiger partial charge in [0, 0.05) is 19.2 Å². The van der Waals surface area contributed by atoms with E-state index in [1.165, 1.54) is 4.90 Å². The van der Waals surface area contributed by atoms with Crippen LogP contribution in [-0.4, -0.2) is 52.9 Å². The van der Waals surface area contributed by atoms with Gasteiger partial charge in [-0.15, -0.1) is 0 Å². The minimum Gasteiger partial charge on any atom is -0.480 e. The van der Waals surface area contributed by atoms with Gasteiger partial charge in [0.25, 0.3) is 0 Å². The van der Waals surface area contributed by atoms with Crippen LogP contribution in [0.4, 0.5) is 4.79 Å². The van der Waals surface area contributed by atoms with Crippen LogP contribution in [0.1, 0.15) is 20.3 Å². The highest BCUT2D eigenvalue weighted by Crippen LogP contribution is 1.99. The van der Waals surface area contributed by atoms with Crippen LogP contribution in [0.25, 0.3) is 0 Å². The van der Waals surface area contributed by atoms with Crippen molar-refractivity contribution in [2.75, 3.05) is 19.7 Å². The summed E-state index contributed by atoms with van der Waals surface area (Å²) in [7, 11) is 0. The molecule has 0 radical (unpaired) electrons. The molecule has 0 spiro atoms. The molecule has 0 bridgehead atoms. The molecule has 0 aromatic carbocycles. The van der Waals surface area contributed by atoms with Crippen molar-refractivity contribution < 1.29 is 19.8 Å². The number of rotatable bonds is 6. The van der Waals surface area contributed by atoms with E-state index in [4.69, 9.17) is 10.2 Å². The number of aliphatic hydroxyl groups excluding tert-OH is 1. The molecule has 0 aliphatic rings. The normalized spacial score (nSPS) is 10.1. The Morgan fingerprint density at radius 3 is 2.40 bits per heavy atom. The fourth-order valence-corrected chi connectivity index (χ4v) is 1.09. The molecule has 0 saturated heterocycles. The number of carboxylic acids is 1. The minimum atomic E-state index is -1.07. The quantitative estimate of drug-likeness (QED) is 0.579. The van der Waals surface area contributed by atoms with Crippen LogP contribution in [-0.2, 0) is 4.79 Å². The molecule has 0 saturated carbocycles. The minimum absolute atomic E-state index is 0.00936. The second-order valence-corrected chi connectivity index (χ2v) is 3.42. The van der Waals surface area contributed by atoms with E-state index in [0.29, 0.717) is 13.0 Å². The molecule has 15 heavy (non-hydrogen) atoms. The lowest BCUT2D eigenvalue weighted by Crippen LogP contribution is -2.46. The lowest BCUT2D eigenvalue weighted by Gasteiger charge is -2.26. The number of aliphatic hydroxyl groups is 1. The van der Waals surface area contributed by atoms with Crippen molar-refractivity contribution in [1.82, 2.24) is 10.2 Å². The van der Waals surface area contributed by atoms with Crippen molar-refractivity contribution in [2.45, 2.75) is 26.3 Å². The standard InChI is InChI=1S/C9H18N2O4/c1-7(2)11(4-3-5-12)9(15)10-6-8(13)14/h7,12H,3-6H2,1-2H3,(H,10,15)(H,13,14). The Balaban J connectivity index is 4.10. The van der Waals surface area contributed by atoms with Crippen molar-refractivity contribution in [3.63, 3.8) is 0 Å². The molecular formula is C9H18N2O4. The lowest BCUT2D eigenvalue weighted by atomic mass is 10.3. The Labute approximate surface area is 88.9 Å². The summed E-state index contributed by atoms with van der Waals surface area (Å²) in [4.78, 5) is 23.2. The molecule has 0 rings (SSSR count). The van der Waals surface area contributed by atoms with Gasteiger partial charge >= 0.3 is 12.0 Å². The average molecular weight is 218 g/mol. The largest absolute Gasteiger partial charge is 0.480 e. The molecular weight excluding hydrogens is 200 g/mol. The van der Waals surface area contributed by atoms with Crippen LogP contribution in [0.3, 0.4) is 0 Å². The zero-order chi connectivity index (χ0) is 11.8. The molecule has 0 fully saturated rings. The number of carbonyl (C=O) groups is 2. The summed E-state index contributed by atoms with van der Waals surface area (Å²) >= 11 is 0. The maximum atomic E-state index is 11.5. The Morgan fingerprint density at radius 2 is 2.00 bits per heavy atom. The third kappa shape index (κ3) is 5.90. The van der Waals surface area contributed by atoms with Crippen LogP contribution < -0.4 is 5.32 Å². The molecule has 0 aromatic rings. The molecule has 0 heterocycles. The second-order valence-electron chi connectivity index (χ2n) is 3.42. The van der Waals surface area contributed by atoms with E-state index in [1.54, 1.807) is 0 Å². The molecule has 0 aliphatic carbocycles. The second kappa shape index (κ2) is 7.05. The Bertz CT molecular complexity index is 218. The highest BCUT2D eigenvalue weighted by Gasteiger charge is 2.16. The zero-order valence-electron chi connectivity index (χ0n) is 9.06. The fraction of sp³-hybridized carbons (Fsp3) is 0.778. The number of hydrogen-bond acceptors (Lipinski definition) is 3. The topological polar surface area (TPSA) is 89.9 Å². The number of aliphatic carboxylic acids is 1. The highest BCUT2D eigenvalue weighted by atomic mass is 16.4. The van der Waals surface area contributed by atoms with Gasteiger partial charge in [0.15, 0.2) is 0 Å². The number of hydrogen-bond donors (Lipinski definition) is 3. The van der Waals surface area contributed by atoms with Gasteiger partial charge in [-0.1, -0.05) is 0 Å². The van der Waals surface area contributed by atoms with Crippen molar-refractivity contribution in [1.29, 1.82) is 0 Å². The fourth-order valence-electron chi connectivity index (χ4n) is 1.09. The molecule has 0 aromatic heterocycles. The lowest BCUT2D eigenvalue weighted by molar-refractivity contribution is -0.135. The number of carboxylic acid groups (broad SMARTS) is 1. The predicted molar refractivity (Wildman–Crippen MR) is 54.6 cm³/mol. The predicted octanol–water partition coefficient (Wildman–Crippen LogP) is -0.127. The first-order valence-corrected chi connectivity index (χ1v) is 4.86. The van der Waals surface area contributed by atoms with Crippen LogP contribution in [0.5, 0.6) is 0 Å². The van der Waals surface area contributed by atoms with Crippen molar-refractivity contribution in [3.8, 4) is 0 Å². The van der Waals surface area contributed by atoms with E-state index in [9.17, 15) is 9.59 Å². The summed E-state index contributed by atoms with van der Waals surface area (Å²) in [5, 5.41) is 19.3. The van der Waals surface area contributed by atoms with E-state index in [1.807, 2.05) is 13.8 Å². The van der Waals surface area contributed by atoms with Crippen molar-refractivity contribution in [3.05, 3.63) is 0 Å². The number of nitrogens with zero attached hydrogens (tertiary/aromatic N) is 1. The number of amides is 2. The first-order chi connectivity index (χ1) is 6.99. The van der Waals surface area contributed by atoms with Crippen LogP contribution >= 0.6 is 0 Å². The smallest absolute Gasteiger partial charge is 0.323 e. The van der Waals surface area contributed by atoms with E-state index in [-0.39, 0.29) is 19.2 Å². The van der Waals surface area contributed by atoms with E-state index >= 15 is 0 Å². The highest BCUT2D eigenvalue weighted by molar-refractivity contribution is 5.80. The van der Waals surface area contributed by atoms with E-state index < -0.39 is 12.0 Å². The molecule has 88 valence electrons. The summed E-state index contributed by atoms with van der Waals surface area (Å²) in [5.41, 5.74) is 0. The molecule has 0 aliphatic heterocycles. The van der Waals surface area contributed by atoms with Crippen LogP contribution in [0.2, 0.25) is 0 Å². The summed E-state index contributed by atoms with van der Waals surface area (Å²) in [6.45, 7) is 3.70. The van der Waals surface area contributed by atoms with Crippen LogP contribution in [0.15, 0.2) is 0 Å². The molecule has 2 amide bonds. The molecule has 3 N–H and O–H groups in total. The van der Waals surface area contributed by atoms with E-state index in [2.05, 4.69) is 5.32 Å². The van der Waals surface area contributed by atoms with Gasteiger partial charge in [0.2, 0.25) is 0 Å². The summed E-state index contributed by atoms with van der Waals surface area (Å²) in [6, 6.07) is -0.439. The number of carbonyl (C=O) groups excluding carboxylic acids is 1. The summed E-state index contributed by atoms with van der Waals surface area (Å²) in [5.74, 6) is -1.07. The third-order valence-corrected chi connectivity index (χ3v) is 1.83. The molecule has 6 nitrogen and oxygen atoms in total. The zero-order valence-corrected chi connectivity index (χ0v) is 9.06. The number of nitrogens with one attached hydrogen (secondary N) is 1. The average Bonchev–Trinajstić information content (AvgIpc) is 2.14. The first-order valence-electron chi connectivity index (χ1n) is 4.86. The van der Waals surface area contributed by atoms with Gasteiger partial charge in [-0.25, -0.2) is 4.79 Å². The Morgan fingerprint density at radius 1 is 1.40 bits per heavy atom. The van der Waals surface area contributed by atoms with Gasteiger partial charge in [-0.05, 0) is 20.3 Å². The molecule has 0 atom stereocenters. The number of urea groups is 1. The van der Waals surface area contributed by atoms with Gasteiger partial charge in [-0.3, -0.25) is 4.79 Å². The molecule has 6 heteroatoms. The van der Waals surface area contributed by atoms with E-state index in [0.717, 1.165) is 0 Å². The Kier molecular flexibility index (Phi) is 6.44. The maximum Gasteiger partial charge on any atom is 0.323 e. The van der Waals surface area contributed by atoms with Crippen LogP contribution in [0, 0.1) is 0 Å². The van der Waals surface area contributed by atoms with Gasteiger partial charge in [0.05, 0.1) is 0 Å². The SMILES string of the molecule is CC(C)N(CCCO)C(=O)NCC(=O)O. The van der Waals surface area contributed by atoms with Gasteiger partial charge in [0.1, 0.15) is 6.54 Å². The maximum absolute atomic E-state index is 11.5. The first kappa shape index (κ1) is 13.7. The third-order valence-electron chi connectivity index (χ3n) is 1.83. The van der Waals surface area contributed by atoms with Gasteiger partial charge < -0.3 is 20.4 Å². The monoisotopic (exact) mass is 218 g/mol. The molecule has 0 unspecified atom stereocenters. The van der Waals surface area contributed by atoms with Crippen molar-refractivity contribution in [2.24, 2.45) is 0 Å². The van der Waals surface area contributed by atoms with Crippen molar-refractivity contribution >= 4 is 12.0 Å². The summed E-state index contributed by atoms with van der Waals surface area (Å²) in [6.07, 6.45) is 0.485. The van der Waals surface area contributed by atoms with Gasteiger partial charge in [-0.2, -0.15) is 0 Å². The Hall–Kier alpha value is -1.30. The summed E-state index contributed by atoms with van der Waals surface area (Å²) < 4.78 is 0.